The van der Waals surface area contributed by atoms with Gasteiger partial charge < -0.3 is 14.8 Å². The number of nitrogens with one attached hydrogen (secondary N) is 1. The van der Waals surface area contributed by atoms with Gasteiger partial charge in [-0.05, 0) is 34.7 Å². The molecule has 0 bridgehead atoms. The molecule has 0 aliphatic carbocycles. The standard InChI is InChI=1S/C10H21NO3/c1-8(2)13-6-7-14-9(12)10(3,4)11-5/h8,11H,6-7H2,1-5H3. The predicted octanol–water partition coefficient (Wildman–Crippen LogP) is 0.953. The zero-order chi connectivity index (χ0) is 11.2. The number of hydrogen-bond acceptors (Lipinski definition) is 4. The van der Waals surface area contributed by atoms with Crippen molar-refractivity contribution in [2.75, 3.05) is 20.3 Å². The van der Waals surface area contributed by atoms with Crippen LogP contribution in [0.1, 0.15) is 27.7 Å². The molecule has 0 spiro atoms. The number of likely N-dealkylation sites (N-methyl/N-ethyl adjacent to an activating group) is 1. The molecule has 0 aromatic carbocycles. The second-order valence-corrected chi connectivity index (χ2v) is 3.93. The van der Waals surface area contributed by atoms with Crippen LogP contribution in [0.4, 0.5) is 0 Å². The van der Waals surface area contributed by atoms with E-state index in [-0.39, 0.29) is 12.1 Å². The minimum absolute atomic E-state index is 0.172. The zero-order valence-corrected chi connectivity index (χ0v) is 9.72. The molecule has 0 fully saturated rings. The van der Waals surface area contributed by atoms with Crippen molar-refractivity contribution in [3.8, 4) is 0 Å². The molecule has 0 amide bonds. The lowest BCUT2D eigenvalue weighted by Gasteiger charge is -2.21. The second-order valence-electron chi connectivity index (χ2n) is 3.93. The average Bonchev–Trinajstić information content (AvgIpc) is 2.11. The largest absolute Gasteiger partial charge is 0.462 e. The van der Waals surface area contributed by atoms with Crippen LogP contribution in [0.2, 0.25) is 0 Å². The van der Waals surface area contributed by atoms with Crippen LogP contribution in [0, 0.1) is 0 Å². The molecule has 4 nitrogen and oxygen atoms in total. The Balaban J connectivity index is 3.64. The van der Waals surface area contributed by atoms with Gasteiger partial charge in [-0.15, -0.1) is 0 Å². The fraction of sp³-hybridized carbons (Fsp3) is 0.900. The average molecular weight is 203 g/mol. The number of esters is 1. The van der Waals surface area contributed by atoms with Gasteiger partial charge in [-0.2, -0.15) is 0 Å². The molecule has 0 rings (SSSR count). The van der Waals surface area contributed by atoms with Crippen LogP contribution in [-0.4, -0.2) is 37.9 Å². The van der Waals surface area contributed by atoms with E-state index in [2.05, 4.69) is 5.32 Å². The summed E-state index contributed by atoms with van der Waals surface area (Å²) in [5.74, 6) is -0.257. The lowest BCUT2D eigenvalue weighted by atomic mass is 10.1. The topological polar surface area (TPSA) is 47.6 Å². The maximum Gasteiger partial charge on any atom is 0.325 e. The van der Waals surface area contributed by atoms with Crippen LogP contribution in [-0.2, 0) is 14.3 Å². The highest BCUT2D eigenvalue weighted by Crippen LogP contribution is 2.03. The number of hydrogen-bond donors (Lipinski definition) is 1. The van der Waals surface area contributed by atoms with Crippen molar-refractivity contribution in [2.24, 2.45) is 0 Å². The Morgan fingerprint density at radius 2 is 1.93 bits per heavy atom. The second kappa shape index (κ2) is 5.98. The van der Waals surface area contributed by atoms with Crippen molar-refractivity contribution in [1.29, 1.82) is 0 Å². The van der Waals surface area contributed by atoms with Crippen LogP contribution in [0.5, 0.6) is 0 Å². The van der Waals surface area contributed by atoms with Crippen LogP contribution >= 0.6 is 0 Å². The van der Waals surface area contributed by atoms with E-state index in [4.69, 9.17) is 9.47 Å². The van der Waals surface area contributed by atoms with Gasteiger partial charge in [-0.1, -0.05) is 0 Å². The fourth-order valence-electron chi connectivity index (χ4n) is 0.701. The van der Waals surface area contributed by atoms with Crippen molar-refractivity contribution < 1.29 is 14.3 Å². The lowest BCUT2D eigenvalue weighted by Crippen LogP contribution is -2.45. The Morgan fingerprint density at radius 3 is 2.36 bits per heavy atom. The van der Waals surface area contributed by atoms with Crippen molar-refractivity contribution >= 4 is 5.97 Å². The first kappa shape index (κ1) is 13.4. The highest BCUT2D eigenvalue weighted by molar-refractivity contribution is 5.79. The summed E-state index contributed by atoms with van der Waals surface area (Å²) in [5.41, 5.74) is -0.627. The van der Waals surface area contributed by atoms with Gasteiger partial charge in [0.15, 0.2) is 0 Å². The highest BCUT2D eigenvalue weighted by atomic mass is 16.6. The van der Waals surface area contributed by atoms with E-state index in [0.29, 0.717) is 13.2 Å². The molecule has 0 heterocycles. The molecule has 1 N–H and O–H groups in total. The molecule has 0 aromatic rings. The summed E-state index contributed by atoms with van der Waals surface area (Å²) in [4.78, 5) is 11.4. The molecule has 4 heteroatoms. The molecule has 0 radical (unpaired) electrons. The lowest BCUT2D eigenvalue weighted by molar-refractivity contribution is -0.152. The maximum atomic E-state index is 11.4. The van der Waals surface area contributed by atoms with Crippen molar-refractivity contribution in [3.05, 3.63) is 0 Å². The zero-order valence-electron chi connectivity index (χ0n) is 9.72. The Morgan fingerprint density at radius 1 is 1.36 bits per heavy atom. The highest BCUT2D eigenvalue weighted by Gasteiger charge is 2.26. The number of rotatable bonds is 6. The van der Waals surface area contributed by atoms with E-state index in [0.717, 1.165) is 0 Å². The number of carbonyl (C=O) groups is 1. The van der Waals surface area contributed by atoms with Crippen molar-refractivity contribution in [2.45, 2.75) is 39.3 Å². The first-order chi connectivity index (χ1) is 6.40. The van der Waals surface area contributed by atoms with Crippen LogP contribution in [0.25, 0.3) is 0 Å². The minimum atomic E-state index is -0.627. The molecule has 0 aromatic heterocycles. The van der Waals surface area contributed by atoms with Crippen LogP contribution in [0.15, 0.2) is 0 Å². The van der Waals surface area contributed by atoms with E-state index in [1.807, 2.05) is 13.8 Å². The Bertz CT molecular complexity index is 178. The minimum Gasteiger partial charge on any atom is -0.462 e. The Kier molecular flexibility index (Phi) is 5.72. The summed E-state index contributed by atoms with van der Waals surface area (Å²) in [6.07, 6.45) is 0.172. The van der Waals surface area contributed by atoms with Crippen LogP contribution < -0.4 is 5.32 Å². The summed E-state index contributed by atoms with van der Waals surface area (Å²) >= 11 is 0. The SMILES string of the molecule is CNC(C)(C)C(=O)OCCOC(C)C. The molecule has 14 heavy (non-hydrogen) atoms. The molecule has 0 aliphatic rings. The third-order valence-corrected chi connectivity index (χ3v) is 1.90. The summed E-state index contributed by atoms with van der Waals surface area (Å²) in [6, 6.07) is 0. The van der Waals surface area contributed by atoms with Gasteiger partial charge in [0.05, 0.1) is 12.7 Å². The summed E-state index contributed by atoms with van der Waals surface area (Å²) in [7, 11) is 1.73. The van der Waals surface area contributed by atoms with Crippen molar-refractivity contribution in [1.82, 2.24) is 5.32 Å². The monoisotopic (exact) mass is 203 g/mol. The molecule has 0 atom stereocenters. The first-order valence-corrected chi connectivity index (χ1v) is 4.88. The molecular weight excluding hydrogens is 182 g/mol. The van der Waals surface area contributed by atoms with E-state index >= 15 is 0 Å². The van der Waals surface area contributed by atoms with Gasteiger partial charge in [-0.3, -0.25) is 4.79 Å². The summed E-state index contributed by atoms with van der Waals surface area (Å²) in [5, 5.41) is 2.88. The van der Waals surface area contributed by atoms with E-state index in [9.17, 15) is 4.79 Å². The maximum absolute atomic E-state index is 11.4. The van der Waals surface area contributed by atoms with Gasteiger partial charge in [-0.25, -0.2) is 0 Å². The van der Waals surface area contributed by atoms with Gasteiger partial charge in [0, 0.05) is 0 Å². The van der Waals surface area contributed by atoms with Gasteiger partial charge in [0.1, 0.15) is 12.1 Å². The number of ether oxygens (including phenoxy) is 2. The molecule has 0 saturated carbocycles. The van der Waals surface area contributed by atoms with Gasteiger partial charge in [0.25, 0.3) is 0 Å². The van der Waals surface area contributed by atoms with E-state index < -0.39 is 5.54 Å². The van der Waals surface area contributed by atoms with Gasteiger partial charge >= 0.3 is 5.97 Å². The molecule has 0 aliphatic heterocycles. The normalized spacial score (nSPS) is 11.9. The van der Waals surface area contributed by atoms with E-state index in [1.165, 1.54) is 0 Å². The molecule has 0 unspecified atom stereocenters. The van der Waals surface area contributed by atoms with Crippen LogP contribution in [0.3, 0.4) is 0 Å². The third-order valence-electron chi connectivity index (χ3n) is 1.90. The quantitative estimate of drug-likeness (QED) is 0.516. The molecule has 84 valence electrons. The Hall–Kier alpha value is -0.610. The fourth-order valence-corrected chi connectivity index (χ4v) is 0.701. The summed E-state index contributed by atoms with van der Waals surface area (Å²) < 4.78 is 10.3. The predicted molar refractivity (Wildman–Crippen MR) is 55.2 cm³/mol. The van der Waals surface area contributed by atoms with Gasteiger partial charge in [0.2, 0.25) is 0 Å². The number of carbonyl (C=O) groups excluding carboxylic acids is 1. The smallest absolute Gasteiger partial charge is 0.325 e. The first-order valence-electron chi connectivity index (χ1n) is 4.88. The third kappa shape index (κ3) is 5.19. The summed E-state index contributed by atoms with van der Waals surface area (Å²) in [6.45, 7) is 8.20. The Labute approximate surface area is 86.0 Å². The molecule has 0 saturated heterocycles. The molecular formula is C10H21NO3. The van der Waals surface area contributed by atoms with Crippen molar-refractivity contribution in [3.63, 3.8) is 0 Å². The van der Waals surface area contributed by atoms with E-state index in [1.54, 1.807) is 20.9 Å².